The first-order chi connectivity index (χ1) is 15.0. The molecule has 0 radical (unpaired) electrons. The standard InChI is InChI=1S/C26H24N2O3/c1-16-9-11-19(13-17(16)2)27-26(29)21-15-23(28-22-8-6-5-7-20(21)22)18-10-12-24(30-3)25(14-18)31-4/h5-15H,1-4H3,(H,27,29). The van der Waals surface area contributed by atoms with Crippen LogP contribution in [0.25, 0.3) is 22.2 Å². The number of ether oxygens (including phenoxy) is 2. The molecule has 0 bridgehead atoms. The zero-order valence-corrected chi connectivity index (χ0v) is 18.0. The van der Waals surface area contributed by atoms with Gasteiger partial charge in [0.25, 0.3) is 5.91 Å². The number of para-hydroxylation sites is 1. The monoisotopic (exact) mass is 412 g/mol. The van der Waals surface area contributed by atoms with Gasteiger partial charge in [-0.25, -0.2) is 4.98 Å². The highest BCUT2D eigenvalue weighted by Gasteiger charge is 2.16. The Bertz CT molecular complexity index is 1280. The molecule has 0 aliphatic carbocycles. The van der Waals surface area contributed by atoms with E-state index in [1.54, 1.807) is 14.2 Å². The number of aryl methyl sites for hydroxylation is 2. The average Bonchev–Trinajstić information content (AvgIpc) is 2.80. The van der Waals surface area contributed by atoms with Crippen molar-refractivity contribution in [3.63, 3.8) is 0 Å². The zero-order valence-electron chi connectivity index (χ0n) is 18.0. The largest absolute Gasteiger partial charge is 0.493 e. The quantitative estimate of drug-likeness (QED) is 0.451. The fraction of sp³-hybridized carbons (Fsp3) is 0.154. The lowest BCUT2D eigenvalue weighted by atomic mass is 10.0. The molecule has 4 aromatic rings. The lowest BCUT2D eigenvalue weighted by molar-refractivity contribution is 0.102. The SMILES string of the molecule is COc1ccc(-c2cc(C(=O)Nc3ccc(C)c(C)c3)c3ccccc3n2)cc1OC. The third-order valence-electron chi connectivity index (χ3n) is 5.40. The molecule has 0 atom stereocenters. The summed E-state index contributed by atoms with van der Waals surface area (Å²) in [5, 5.41) is 3.83. The van der Waals surface area contributed by atoms with Crippen molar-refractivity contribution < 1.29 is 14.3 Å². The molecule has 0 saturated heterocycles. The van der Waals surface area contributed by atoms with Gasteiger partial charge in [-0.2, -0.15) is 0 Å². The number of anilines is 1. The Hall–Kier alpha value is -3.86. The molecule has 1 heterocycles. The van der Waals surface area contributed by atoms with E-state index in [2.05, 4.69) is 5.32 Å². The summed E-state index contributed by atoms with van der Waals surface area (Å²) >= 11 is 0. The molecular formula is C26H24N2O3. The topological polar surface area (TPSA) is 60.5 Å². The van der Waals surface area contributed by atoms with Crippen LogP contribution in [0.1, 0.15) is 21.5 Å². The predicted octanol–water partition coefficient (Wildman–Crippen LogP) is 5.79. The van der Waals surface area contributed by atoms with Crippen molar-refractivity contribution in [3.05, 3.63) is 83.4 Å². The molecule has 156 valence electrons. The van der Waals surface area contributed by atoms with Gasteiger partial charge in [0.1, 0.15) is 0 Å². The number of amides is 1. The van der Waals surface area contributed by atoms with Crippen LogP contribution in [0.2, 0.25) is 0 Å². The first kappa shape index (κ1) is 20.4. The van der Waals surface area contributed by atoms with Crippen molar-refractivity contribution in [1.82, 2.24) is 4.98 Å². The maximum atomic E-state index is 13.2. The molecule has 0 unspecified atom stereocenters. The molecule has 5 nitrogen and oxygen atoms in total. The third kappa shape index (κ3) is 4.08. The van der Waals surface area contributed by atoms with Crippen LogP contribution in [0, 0.1) is 13.8 Å². The molecule has 0 aliphatic heterocycles. The molecule has 0 spiro atoms. The number of carbonyl (C=O) groups is 1. The van der Waals surface area contributed by atoms with E-state index in [1.807, 2.05) is 80.6 Å². The number of nitrogens with zero attached hydrogens (tertiary/aromatic N) is 1. The molecule has 1 aromatic heterocycles. The minimum absolute atomic E-state index is 0.177. The number of methoxy groups -OCH3 is 2. The number of pyridine rings is 1. The lowest BCUT2D eigenvalue weighted by Crippen LogP contribution is -2.13. The number of hydrogen-bond donors (Lipinski definition) is 1. The molecule has 0 aliphatic rings. The molecule has 4 rings (SSSR count). The number of carbonyl (C=O) groups excluding carboxylic acids is 1. The predicted molar refractivity (Wildman–Crippen MR) is 124 cm³/mol. The van der Waals surface area contributed by atoms with Gasteiger partial charge in [0.15, 0.2) is 11.5 Å². The van der Waals surface area contributed by atoms with Crippen LogP contribution in [0.3, 0.4) is 0 Å². The van der Waals surface area contributed by atoms with Crippen LogP contribution in [-0.2, 0) is 0 Å². The van der Waals surface area contributed by atoms with Crippen molar-refractivity contribution in [2.45, 2.75) is 13.8 Å². The highest BCUT2D eigenvalue weighted by Crippen LogP contribution is 2.33. The zero-order chi connectivity index (χ0) is 22.0. The number of fused-ring (bicyclic) bond motifs is 1. The smallest absolute Gasteiger partial charge is 0.256 e. The van der Waals surface area contributed by atoms with Gasteiger partial charge in [-0.1, -0.05) is 24.3 Å². The fourth-order valence-electron chi connectivity index (χ4n) is 3.52. The molecule has 31 heavy (non-hydrogen) atoms. The maximum Gasteiger partial charge on any atom is 0.256 e. The van der Waals surface area contributed by atoms with Gasteiger partial charge in [0.05, 0.1) is 31.0 Å². The maximum absolute atomic E-state index is 13.2. The first-order valence-corrected chi connectivity index (χ1v) is 10.0. The van der Waals surface area contributed by atoms with Crippen LogP contribution < -0.4 is 14.8 Å². The van der Waals surface area contributed by atoms with E-state index in [4.69, 9.17) is 14.5 Å². The van der Waals surface area contributed by atoms with Gasteiger partial charge in [-0.05, 0) is 67.4 Å². The van der Waals surface area contributed by atoms with Crippen LogP contribution in [0.15, 0.2) is 66.7 Å². The van der Waals surface area contributed by atoms with Crippen LogP contribution in [0.5, 0.6) is 11.5 Å². The van der Waals surface area contributed by atoms with Crippen molar-refractivity contribution in [3.8, 4) is 22.8 Å². The summed E-state index contributed by atoms with van der Waals surface area (Å²) in [5.41, 5.74) is 5.91. The van der Waals surface area contributed by atoms with E-state index < -0.39 is 0 Å². The highest BCUT2D eigenvalue weighted by atomic mass is 16.5. The number of hydrogen-bond acceptors (Lipinski definition) is 4. The summed E-state index contributed by atoms with van der Waals surface area (Å²) in [6.45, 7) is 4.08. The van der Waals surface area contributed by atoms with Gasteiger partial charge in [0.2, 0.25) is 0 Å². The Labute approximate surface area is 181 Å². The minimum atomic E-state index is -0.177. The van der Waals surface area contributed by atoms with Crippen LogP contribution >= 0.6 is 0 Å². The van der Waals surface area contributed by atoms with Gasteiger partial charge in [0, 0.05) is 16.6 Å². The molecule has 1 amide bonds. The number of aromatic nitrogens is 1. The highest BCUT2D eigenvalue weighted by molar-refractivity contribution is 6.13. The minimum Gasteiger partial charge on any atom is -0.493 e. The van der Waals surface area contributed by atoms with Crippen LogP contribution in [0.4, 0.5) is 5.69 Å². The van der Waals surface area contributed by atoms with E-state index in [9.17, 15) is 4.79 Å². The fourth-order valence-corrected chi connectivity index (χ4v) is 3.52. The van der Waals surface area contributed by atoms with E-state index in [-0.39, 0.29) is 5.91 Å². The van der Waals surface area contributed by atoms with Crippen molar-refractivity contribution in [1.29, 1.82) is 0 Å². The Morgan fingerprint density at radius 1 is 0.839 bits per heavy atom. The number of nitrogens with one attached hydrogen (secondary N) is 1. The molecular weight excluding hydrogens is 388 g/mol. The molecule has 1 N–H and O–H groups in total. The van der Waals surface area contributed by atoms with Crippen molar-refractivity contribution in [2.75, 3.05) is 19.5 Å². The summed E-state index contributed by atoms with van der Waals surface area (Å²) < 4.78 is 10.8. The van der Waals surface area contributed by atoms with Gasteiger partial charge in [-0.15, -0.1) is 0 Å². The Morgan fingerprint density at radius 3 is 2.35 bits per heavy atom. The molecule has 5 heteroatoms. The molecule has 0 fully saturated rings. The normalized spacial score (nSPS) is 10.7. The molecule has 0 saturated carbocycles. The second-order valence-electron chi connectivity index (χ2n) is 7.40. The van der Waals surface area contributed by atoms with E-state index in [0.29, 0.717) is 22.8 Å². The third-order valence-corrected chi connectivity index (χ3v) is 5.40. The van der Waals surface area contributed by atoms with Gasteiger partial charge < -0.3 is 14.8 Å². The van der Waals surface area contributed by atoms with Crippen molar-refractivity contribution >= 4 is 22.5 Å². The number of rotatable bonds is 5. The Morgan fingerprint density at radius 2 is 1.61 bits per heavy atom. The van der Waals surface area contributed by atoms with Crippen molar-refractivity contribution in [2.24, 2.45) is 0 Å². The van der Waals surface area contributed by atoms with Gasteiger partial charge in [-0.3, -0.25) is 4.79 Å². The summed E-state index contributed by atoms with van der Waals surface area (Å²) in [6.07, 6.45) is 0. The molecule has 3 aromatic carbocycles. The average molecular weight is 412 g/mol. The first-order valence-electron chi connectivity index (χ1n) is 10.0. The summed E-state index contributed by atoms with van der Waals surface area (Å²) in [6, 6.07) is 21.0. The summed E-state index contributed by atoms with van der Waals surface area (Å²) in [7, 11) is 3.19. The lowest BCUT2D eigenvalue weighted by Gasteiger charge is -2.13. The summed E-state index contributed by atoms with van der Waals surface area (Å²) in [4.78, 5) is 18.0. The second-order valence-corrected chi connectivity index (χ2v) is 7.40. The van der Waals surface area contributed by atoms with E-state index in [1.165, 1.54) is 5.56 Å². The Kier molecular flexibility index (Phi) is 5.58. The number of benzene rings is 3. The van der Waals surface area contributed by atoms with E-state index in [0.717, 1.165) is 27.7 Å². The van der Waals surface area contributed by atoms with E-state index >= 15 is 0 Å². The second kappa shape index (κ2) is 8.48. The van der Waals surface area contributed by atoms with Gasteiger partial charge >= 0.3 is 0 Å². The summed E-state index contributed by atoms with van der Waals surface area (Å²) in [5.74, 6) is 1.07. The van der Waals surface area contributed by atoms with Crippen LogP contribution in [-0.4, -0.2) is 25.1 Å². The Balaban J connectivity index is 1.80.